The second-order valence-electron chi connectivity index (χ2n) is 5.08. The third-order valence-corrected chi connectivity index (χ3v) is 3.70. The molecule has 8 nitrogen and oxygen atoms in total. The van der Waals surface area contributed by atoms with Gasteiger partial charge in [0.05, 0.1) is 11.1 Å². The van der Waals surface area contributed by atoms with Crippen molar-refractivity contribution in [3.8, 4) is 0 Å². The number of pyridine rings is 1. The number of amides is 1. The highest BCUT2D eigenvalue weighted by Gasteiger charge is 2.25. The minimum Gasteiger partial charge on any atom is -0.337 e. The molecule has 0 radical (unpaired) electrons. The average molecular weight is 331 g/mol. The Morgan fingerprint density at radius 2 is 2.14 bits per heavy atom. The van der Waals surface area contributed by atoms with Crippen molar-refractivity contribution in [3.63, 3.8) is 0 Å². The average Bonchev–Trinajstić information content (AvgIpc) is 2.49. The molecule has 122 valence electrons. The van der Waals surface area contributed by atoms with Crippen molar-refractivity contribution in [2.75, 3.05) is 13.1 Å². The molecule has 1 atom stereocenters. The Morgan fingerprint density at radius 1 is 1.41 bits per heavy atom. The zero-order valence-electron chi connectivity index (χ0n) is 12.0. The van der Waals surface area contributed by atoms with Crippen molar-refractivity contribution in [2.24, 2.45) is 5.73 Å². The van der Waals surface area contributed by atoms with Gasteiger partial charge >= 0.3 is 0 Å². The van der Waals surface area contributed by atoms with Gasteiger partial charge in [0.2, 0.25) is 5.91 Å². The van der Waals surface area contributed by atoms with Crippen molar-refractivity contribution in [2.45, 2.75) is 31.8 Å². The molecule has 0 saturated carbocycles. The molecule has 1 unspecified atom stereocenters. The molecular formula is C13H19ClN4O4. The van der Waals surface area contributed by atoms with E-state index in [-0.39, 0.29) is 36.6 Å². The van der Waals surface area contributed by atoms with E-state index in [4.69, 9.17) is 5.73 Å². The first-order valence-corrected chi connectivity index (χ1v) is 6.87. The number of nitrogens with zero attached hydrogens (tertiary/aromatic N) is 3. The summed E-state index contributed by atoms with van der Waals surface area (Å²) < 4.78 is 1.07. The number of carbonyl (C=O) groups is 1. The number of hydrogen-bond acceptors (Lipinski definition) is 5. The largest absolute Gasteiger partial charge is 0.337 e. The maximum absolute atomic E-state index is 12.3. The molecule has 22 heavy (non-hydrogen) atoms. The van der Waals surface area contributed by atoms with Crippen LogP contribution in [0.3, 0.4) is 0 Å². The van der Waals surface area contributed by atoms with E-state index in [1.165, 1.54) is 0 Å². The molecule has 1 aliphatic rings. The molecule has 2 N–H and O–H groups in total. The minimum atomic E-state index is -0.593. The van der Waals surface area contributed by atoms with Crippen LogP contribution >= 0.6 is 12.4 Å². The minimum absolute atomic E-state index is 0. The first kappa shape index (κ1) is 18.1. The molecule has 1 saturated heterocycles. The van der Waals surface area contributed by atoms with E-state index in [9.17, 15) is 19.7 Å². The number of nitrogens with two attached hydrogens (primary N) is 1. The number of aromatic nitrogens is 1. The van der Waals surface area contributed by atoms with Crippen molar-refractivity contribution < 1.29 is 9.72 Å². The fourth-order valence-electron chi connectivity index (χ4n) is 2.56. The molecule has 9 heteroatoms. The van der Waals surface area contributed by atoms with Gasteiger partial charge in [0.1, 0.15) is 6.54 Å². The Bertz CT molecular complexity index is 604. The van der Waals surface area contributed by atoms with Crippen LogP contribution in [-0.2, 0) is 11.3 Å². The van der Waals surface area contributed by atoms with Crippen LogP contribution in [-0.4, -0.2) is 39.4 Å². The predicted molar refractivity (Wildman–Crippen MR) is 83.0 cm³/mol. The highest BCUT2D eigenvalue weighted by Crippen LogP contribution is 2.16. The molecule has 0 aromatic carbocycles. The van der Waals surface area contributed by atoms with E-state index in [0.29, 0.717) is 13.1 Å². The van der Waals surface area contributed by atoms with E-state index < -0.39 is 10.5 Å². The molecular weight excluding hydrogens is 312 g/mol. The second kappa shape index (κ2) is 7.90. The molecule has 1 aliphatic heterocycles. The van der Waals surface area contributed by atoms with E-state index in [2.05, 4.69) is 0 Å². The summed E-state index contributed by atoms with van der Waals surface area (Å²) in [4.78, 5) is 35.8. The van der Waals surface area contributed by atoms with Crippen LogP contribution in [0.25, 0.3) is 0 Å². The smallest absolute Gasteiger partial charge is 0.285 e. The van der Waals surface area contributed by atoms with Crippen molar-refractivity contribution >= 4 is 24.0 Å². The maximum Gasteiger partial charge on any atom is 0.285 e. The molecule has 1 aromatic heterocycles. The fourth-order valence-corrected chi connectivity index (χ4v) is 2.56. The van der Waals surface area contributed by atoms with Gasteiger partial charge in [0, 0.05) is 31.3 Å². The van der Waals surface area contributed by atoms with Crippen molar-refractivity contribution in [1.29, 1.82) is 0 Å². The number of halogens is 1. The Balaban J connectivity index is 0.00000242. The Kier molecular flexibility index (Phi) is 6.51. The van der Waals surface area contributed by atoms with Crippen LogP contribution in [0.1, 0.15) is 19.3 Å². The van der Waals surface area contributed by atoms with E-state index in [1.54, 1.807) is 4.90 Å². The standard InChI is InChI=1S/C13H18N4O4.ClH/c14-7-10-3-1-2-6-16(10)13(19)9-15-8-11(17(20)21)4-5-12(15)18;/h4-5,8,10H,1-3,6-7,9,14H2;1H. The first-order chi connectivity index (χ1) is 10.0. The van der Waals surface area contributed by atoms with Crippen LogP contribution in [0.4, 0.5) is 5.69 Å². The summed E-state index contributed by atoms with van der Waals surface area (Å²) in [7, 11) is 0. The summed E-state index contributed by atoms with van der Waals surface area (Å²) in [5.41, 5.74) is 5.02. The number of carbonyl (C=O) groups excluding carboxylic acids is 1. The summed E-state index contributed by atoms with van der Waals surface area (Å²) in [6.45, 7) is 0.803. The van der Waals surface area contributed by atoms with Crippen molar-refractivity contribution in [3.05, 3.63) is 38.8 Å². The second-order valence-corrected chi connectivity index (χ2v) is 5.08. The van der Waals surface area contributed by atoms with Gasteiger partial charge in [-0.2, -0.15) is 0 Å². The van der Waals surface area contributed by atoms with Gasteiger partial charge in [-0.1, -0.05) is 0 Å². The fraction of sp³-hybridized carbons (Fsp3) is 0.538. The van der Waals surface area contributed by atoms with Crippen LogP contribution in [0.5, 0.6) is 0 Å². The highest BCUT2D eigenvalue weighted by atomic mass is 35.5. The quantitative estimate of drug-likeness (QED) is 0.639. The Labute approximate surface area is 133 Å². The number of nitro groups is 1. The SMILES string of the molecule is Cl.NCC1CCCCN1C(=O)Cn1cc([N+](=O)[O-])ccc1=O. The van der Waals surface area contributed by atoms with Crippen molar-refractivity contribution in [1.82, 2.24) is 9.47 Å². The van der Waals surface area contributed by atoms with E-state index in [0.717, 1.165) is 42.2 Å². The summed E-state index contributed by atoms with van der Waals surface area (Å²) in [5.74, 6) is -0.229. The molecule has 1 amide bonds. The van der Waals surface area contributed by atoms with Gasteiger partial charge in [0.15, 0.2) is 0 Å². The van der Waals surface area contributed by atoms with E-state index in [1.807, 2.05) is 0 Å². The highest BCUT2D eigenvalue weighted by molar-refractivity contribution is 5.85. The van der Waals surface area contributed by atoms with E-state index >= 15 is 0 Å². The third-order valence-electron chi connectivity index (χ3n) is 3.70. The molecule has 2 rings (SSSR count). The lowest BCUT2D eigenvalue weighted by molar-refractivity contribution is -0.385. The summed E-state index contributed by atoms with van der Waals surface area (Å²) in [6, 6.07) is 2.22. The topological polar surface area (TPSA) is 111 Å². The summed E-state index contributed by atoms with van der Waals surface area (Å²) >= 11 is 0. The molecule has 0 spiro atoms. The van der Waals surface area contributed by atoms with Gasteiger partial charge in [0.25, 0.3) is 11.2 Å². The molecule has 0 aliphatic carbocycles. The van der Waals surface area contributed by atoms with Gasteiger partial charge < -0.3 is 10.6 Å². The number of likely N-dealkylation sites (tertiary alicyclic amines) is 1. The van der Waals surface area contributed by atoms with Crippen LogP contribution in [0.15, 0.2) is 23.1 Å². The Hall–Kier alpha value is -1.93. The molecule has 1 fully saturated rings. The van der Waals surface area contributed by atoms with Gasteiger partial charge in [-0.25, -0.2) is 0 Å². The molecule has 1 aromatic rings. The zero-order valence-corrected chi connectivity index (χ0v) is 12.8. The lowest BCUT2D eigenvalue weighted by atomic mass is 10.0. The molecule has 0 bridgehead atoms. The zero-order chi connectivity index (χ0) is 15.4. The number of piperidine rings is 1. The molecule has 2 heterocycles. The third kappa shape index (κ3) is 4.05. The Morgan fingerprint density at radius 3 is 2.77 bits per heavy atom. The normalized spacial score (nSPS) is 17.7. The summed E-state index contributed by atoms with van der Waals surface area (Å²) in [5, 5.41) is 10.7. The first-order valence-electron chi connectivity index (χ1n) is 6.87. The van der Waals surface area contributed by atoms with Crippen LogP contribution in [0, 0.1) is 10.1 Å². The maximum atomic E-state index is 12.3. The summed E-state index contributed by atoms with van der Waals surface area (Å²) in [6.07, 6.45) is 3.89. The van der Waals surface area contributed by atoms with Gasteiger partial charge in [-0.05, 0) is 19.3 Å². The monoisotopic (exact) mass is 330 g/mol. The van der Waals surface area contributed by atoms with Gasteiger partial charge in [-0.15, -0.1) is 12.4 Å². The number of rotatable bonds is 4. The number of hydrogen-bond donors (Lipinski definition) is 1. The van der Waals surface area contributed by atoms with Crippen LogP contribution < -0.4 is 11.3 Å². The van der Waals surface area contributed by atoms with Crippen LogP contribution in [0.2, 0.25) is 0 Å². The lowest BCUT2D eigenvalue weighted by Gasteiger charge is -2.35. The van der Waals surface area contributed by atoms with Gasteiger partial charge in [-0.3, -0.25) is 24.3 Å². The predicted octanol–water partition coefficient (Wildman–Crippen LogP) is 0.518. The lowest BCUT2D eigenvalue weighted by Crippen LogP contribution is -2.49.